The largest absolute Gasteiger partial charge is 0.459 e. The maximum atomic E-state index is 12.4. The van der Waals surface area contributed by atoms with Crippen LogP contribution < -0.4 is 0 Å². The predicted molar refractivity (Wildman–Crippen MR) is 73.1 cm³/mol. The number of hydrogen-bond donors (Lipinski definition) is 0. The molecule has 2 saturated carbocycles. The van der Waals surface area contributed by atoms with Crippen molar-refractivity contribution in [1.29, 1.82) is 0 Å². The molecule has 0 N–H and O–H groups in total. The van der Waals surface area contributed by atoms with E-state index in [0.29, 0.717) is 11.8 Å². The lowest BCUT2D eigenvalue weighted by Crippen LogP contribution is -2.37. The summed E-state index contributed by atoms with van der Waals surface area (Å²) in [4.78, 5) is 12.4. The van der Waals surface area contributed by atoms with E-state index < -0.39 is 0 Å². The van der Waals surface area contributed by atoms with Gasteiger partial charge in [0, 0.05) is 0 Å². The highest BCUT2D eigenvalue weighted by molar-refractivity contribution is 5.74. The Labute approximate surface area is 111 Å². The van der Waals surface area contributed by atoms with Gasteiger partial charge in [0.25, 0.3) is 0 Å². The molecular weight excluding hydrogens is 224 g/mol. The van der Waals surface area contributed by atoms with Gasteiger partial charge in [0.05, 0.1) is 5.92 Å². The Kier molecular flexibility index (Phi) is 3.75. The van der Waals surface area contributed by atoms with Crippen LogP contribution in [0.5, 0.6) is 0 Å². The smallest absolute Gasteiger partial charge is 0.309 e. The van der Waals surface area contributed by atoms with Gasteiger partial charge in [0.2, 0.25) is 0 Å². The van der Waals surface area contributed by atoms with Crippen molar-refractivity contribution in [2.24, 2.45) is 29.6 Å². The van der Waals surface area contributed by atoms with Crippen LogP contribution in [0.2, 0.25) is 0 Å². The summed E-state index contributed by atoms with van der Waals surface area (Å²) >= 11 is 0. The molecule has 0 radical (unpaired) electrons. The van der Waals surface area contributed by atoms with Crippen molar-refractivity contribution < 1.29 is 9.53 Å². The second-order valence-corrected chi connectivity index (χ2v) is 6.80. The van der Waals surface area contributed by atoms with Gasteiger partial charge in [-0.2, -0.15) is 0 Å². The zero-order valence-electron chi connectivity index (χ0n) is 12.5. The van der Waals surface area contributed by atoms with Crippen LogP contribution in [0.4, 0.5) is 0 Å². The van der Waals surface area contributed by atoms with Crippen LogP contribution in [0.15, 0.2) is 0 Å². The van der Waals surface area contributed by atoms with Gasteiger partial charge in [-0.25, -0.2) is 0 Å². The number of ether oxygens (including phenoxy) is 1. The molecule has 2 aliphatic carbocycles. The Hall–Kier alpha value is -0.530. The number of carbonyl (C=O) groups excluding carboxylic acids is 1. The van der Waals surface area contributed by atoms with Crippen molar-refractivity contribution in [3.63, 3.8) is 0 Å². The topological polar surface area (TPSA) is 26.3 Å². The summed E-state index contributed by atoms with van der Waals surface area (Å²) in [5, 5.41) is 0. The Morgan fingerprint density at radius 1 is 1.17 bits per heavy atom. The highest BCUT2D eigenvalue weighted by atomic mass is 16.6. The molecule has 2 nitrogen and oxygen atoms in total. The van der Waals surface area contributed by atoms with Crippen molar-refractivity contribution in [2.45, 2.75) is 65.9 Å². The van der Waals surface area contributed by atoms with Gasteiger partial charge in [-0.05, 0) is 56.3 Å². The summed E-state index contributed by atoms with van der Waals surface area (Å²) < 4.78 is 5.82. The summed E-state index contributed by atoms with van der Waals surface area (Å²) in [6.07, 6.45) is 4.12. The Bertz CT molecular complexity index is 317. The highest BCUT2D eigenvalue weighted by Gasteiger charge is 2.52. The minimum absolute atomic E-state index is 0.0763. The quantitative estimate of drug-likeness (QED) is 0.706. The zero-order chi connectivity index (χ0) is 13.5. The normalized spacial score (nSPS) is 39.1. The Morgan fingerprint density at radius 3 is 2.22 bits per heavy atom. The van der Waals surface area contributed by atoms with Gasteiger partial charge in [-0.1, -0.05) is 27.7 Å². The number of carbonyl (C=O) groups is 1. The first-order valence-electron chi connectivity index (χ1n) is 7.64. The molecule has 0 heterocycles. The molecule has 2 heteroatoms. The lowest BCUT2D eigenvalue weighted by Gasteiger charge is -2.34. The van der Waals surface area contributed by atoms with E-state index in [-0.39, 0.29) is 17.5 Å². The van der Waals surface area contributed by atoms with E-state index in [1.165, 1.54) is 6.42 Å². The van der Waals surface area contributed by atoms with Gasteiger partial charge in [0.15, 0.2) is 0 Å². The third-order valence-corrected chi connectivity index (χ3v) is 6.04. The van der Waals surface area contributed by atoms with Crippen LogP contribution >= 0.6 is 0 Å². The molecule has 0 amide bonds. The highest BCUT2D eigenvalue weighted by Crippen LogP contribution is 2.55. The van der Waals surface area contributed by atoms with Crippen molar-refractivity contribution in [3.05, 3.63) is 0 Å². The van der Waals surface area contributed by atoms with Crippen molar-refractivity contribution in [2.75, 3.05) is 0 Å². The molecule has 2 bridgehead atoms. The summed E-state index contributed by atoms with van der Waals surface area (Å²) in [6.45, 7) is 10.9. The summed E-state index contributed by atoms with van der Waals surface area (Å²) in [6, 6.07) is 0. The number of rotatable bonds is 4. The number of hydrogen-bond acceptors (Lipinski definition) is 2. The fourth-order valence-corrected chi connectivity index (χ4v) is 3.92. The minimum Gasteiger partial charge on any atom is -0.459 e. The van der Waals surface area contributed by atoms with Crippen LogP contribution in [0, 0.1) is 29.6 Å². The van der Waals surface area contributed by atoms with Gasteiger partial charge >= 0.3 is 5.97 Å². The number of fused-ring (bicyclic) bond motifs is 2. The Balaban J connectivity index is 2.00. The van der Waals surface area contributed by atoms with Gasteiger partial charge in [0.1, 0.15) is 5.60 Å². The second-order valence-electron chi connectivity index (χ2n) is 6.80. The molecule has 0 aromatic heterocycles. The molecule has 0 aromatic carbocycles. The molecule has 5 unspecified atom stereocenters. The van der Waals surface area contributed by atoms with E-state index in [1.807, 2.05) is 0 Å². The second kappa shape index (κ2) is 4.86. The first-order valence-corrected chi connectivity index (χ1v) is 7.64. The molecule has 0 spiro atoms. The van der Waals surface area contributed by atoms with E-state index in [1.54, 1.807) is 0 Å². The maximum absolute atomic E-state index is 12.4. The van der Waals surface area contributed by atoms with E-state index >= 15 is 0 Å². The molecule has 2 rings (SSSR count). The number of esters is 1. The van der Waals surface area contributed by atoms with Gasteiger partial charge in [-0.15, -0.1) is 0 Å². The van der Waals surface area contributed by atoms with Crippen molar-refractivity contribution in [1.82, 2.24) is 0 Å². The average Bonchev–Trinajstić information content (AvgIpc) is 2.90. The van der Waals surface area contributed by atoms with Crippen LogP contribution in [0.1, 0.15) is 60.3 Å². The fraction of sp³-hybridized carbons (Fsp3) is 0.938. The summed E-state index contributed by atoms with van der Waals surface area (Å²) in [5.74, 6) is 3.08. The predicted octanol–water partition coefficient (Wildman–Crippen LogP) is 4.04. The standard InChI is InChI=1S/C16H28O2/c1-6-16(5,7-2)18-15(17)14-9-12-8-13(14)11(4)10(12)3/h10-14H,6-9H2,1-5H3. The molecule has 0 aliphatic heterocycles. The first-order chi connectivity index (χ1) is 8.41. The van der Waals surface area contributed by atoms with E-state index in [2.05, 4.69) is 34.6 Å². The molecule has 0 aromatic rings. The van der Waals surface area contributed by atoms with E-state index in [0.717, 1.165) is 31.1 Å². The van der Waals surface area contributed by atoms with Gasteiger partial charge in [-0.3, -0.25) is 4.79 Å². The molecular formula is C16H28O2. The van der Waals surface area contributed by atoms with Crippen LogP contribution in [0.25, 0.3) is 0 Å². The lowest BCUT2D eigenvalue weighted by atomic mass is 9.76. The van der Waals surface area contributed by atoms with E-state index in [4.69, 9.17) is 4.74 Å². The minimum atomic E-state index is -0.256. The van der Waals surface area contributed by atoms with Gasteiger partial charge < -0.3 is 4.74 Å². The fourth-order valence-electron chi connectivity index (χ4n) is 3.92. The van der Waals surface area contributed by atoms with Crippen LogP contribution in [0.3, 0.4) is 0 Å². The zero-order valence-corrected chi connectivity index (χ0v) is 12.5. The SMILES string of the molecule is CCC(C)(CC)OC(=O)C1CC2CC1C(C)C2C. The third kappa shape index (κ3) is 2.19. The molecule has 2 aliphatic rings. The molecule has 2 fully saturated rings. The van der Waals surface area contributed by atoms with Crippen molar-refractivity contribution in [3.8, 4) is 0 Å². The average molecular weight is 252 g/mol. The lowest BCUT2D eigenvalue weighted by molar-refractivity contribution is -0.167. The Morgan fingerprint density at radius 2 is 1.78 bits per heavy atom. The third-order valence-electron chi connectivity index (χ3n) is 6.04. The monoisotopic (exact) mass is 252 g/mol. The molecule has 104 valence electrons. The van der Waals surface area contributed by atoms with Crippen LogP contribution in [-0.2, 0) is 9.53 Å². The molecule has 5 atom stereocenters. The summed E-state index contributed by atoms with van der Waals surface area (Å²) in [7, 11) is 0. The van der Waals surface area contributed by atoms with Crippen LogP contribution in [-0.4, -0.2) is 11.6 Å². The summed E-state index contributed by atoms with van der Waals surface area (Å²) in [5.41, 5.74) is -0.256. The van der Waals surface area contributed by atoms with E-state index in [9.17, 15) is 4.79 Å². The first kappa shape index (κ1) is 13.9. The maximum Gasteiger partial charge on any atom is 0.309 e. The molecule has 18 heavy (non-hydrogen) atoms. The van der Waals surface area contributed by atoms with Crippen molar-refractivity contribution >= 4 is 5.97 Å². The molecule has 0 saturated heterocycles.